The third-order valence-electron chi connectivity index (χ3n) is 5.81. The number of carbonyl (C=O) groups excluding carboxylic acids is 2. The summed E-state index contributed by atoms with van der Waals surface area (Å²) in [6.07, 6.45) is 0.646. The largest absolute Gasteiger partial charge is 0.507 e. The van der Waals surface area contributed by atoms with Crippen molar-refractivity contribution in [1.82, 2.24) is 9.80 Å². The average Bonchev–Trinajstić information content (AvgIpc) is 3.10. The van der Waals surface area contributed by atoms with E-state index in [1.165, 1.54) is 29.2 Å². The predicted octanol–water partition coefficient (Wildman–Crippen LogP) is 4.99. The van der Waals surface area contributed by atoms with E-state index >= 15 is 0 Å². The Balaban J connectivity index is 1.77. The molecule has 0 aromatic heterocycles. The topological polar surface area (TPSA) is 70.1 Å². The van der Waals surface area contributed by atoms with E-state index in [1.54, 1.807) is 24.3 Å². The molecule has 1 aliphatic heterocycles. The zero-order valence-electron chi connectivity index (χ0n) is 19.6. The number of carbonyl (C=O) groups is 2. The lowest BCUT2D eigenvalue weighted by atomic mass is 9.95. The molecule has 7 heteroatoms. The van der Waals surface area contributed by atoms with E-state index in [-0.39, 0.29) is 16.9 Å². The van der Waals surface area contributed by atoms with Crippen molar-refractivity contribution in [1.29, 1.82) is 0 Å². The number of halogens is 1. The van der Waals surface area contributed by atoms with Gasteiger partial charge < -0.3 is 19.6 Å². The molecule has 1 heterocycles. The van der Waals surface area contributed by atoms with Crippen molar-refractivity contribution in [2.24, 2.45) is 0 Å². The summed E-state index contributed by atoms with van der Waals surface area (Å²) in [4.78, 5) is 29.7. The van der Waals surface area contributed by atoms with Crippen LogP contribution in [0.25, 0.3) is 5.76 Å². The van der Waals surface area contributed by atoms with Gasteiger partial charge in [0.2, 0.25) is 0 Å². The second kappa shape index (κ2) is 10.5. The van der Waals surface area contributed by atoms with Crippen molar-refractivity contribution in [3.05, 3.63) is 101 Å². The van der Waals surface area contributed by atoms with Gasteiger partial charge in [-0.15, -0.1) is 0 Å². The smallest absolute Gasteiger partial charge is 0.295 e. The maximum absolute atomic E-state index is 13.5. The molecule has 0 aliphatic carbocycles. The molecule has 0 spiro atoms. The third kappa shape index (κ3) is 5.41. The van der Waals surface area contributed by atoms with Crippen molar-refractivity contribution >= 4 is 17.4 Å². The summed E-state index contributed by atoms with van der Waals surface area (Å²) in [6, 6.07) is 20.8. The molecule has 3 aromatic rings. The monoisotopic (exact) mass is 474 g/mol. The maximum atomic E-state index is 13.5. The standard InChI is InChI=1S/C28H27FN2O4/c1-30(2)16-7-17-31-25(20-8-6-11-23(18-20)35-22-9-4-3-5-10-22)24(27(33)28(31)34)26(32)19-12-14-21(29)15-13-19/h3-6,8-15,18,25,32H,7,16-17H2,1-2H3/b26-24-. The molecule has 0 bridgehead atoms. The molecule has 1 saturated heterocycles. The number of hydrogen-bond donors (Lipinski definition) is 1. The summed E-state index contributed by atoms with van der Waals surface area (Å²) in [5.74, 6) is -1.06. The summed E-state index contributed by atoms with van der Waals surface area (Å²) in [5, 5.41) is 11.1. The lowest BCUT2D eigenvalue weighted by Crippen LogP contribution is -2.32. The number of ether oxygens (including phenoxy) is 1. The zero-order chi connectivity index (χ0) is 24.9. The fourth-order valence-electron chi connectivity index (χ4n) is 4.15. The fraction of sp³-hybridized carbons (Fsp3) is 0.214. The number of likely N-dealkylation sites (tertiary alicyclic amines) is 1. The second-order valence-corrected chi connectivity index (χ2v) is 8.64. The van der Waals surface area contributed by atoms with E-state index in [0.717, 1.165) is 6.54 Å². The lowest BCUT2D eigenvalue weighted by molar-refractivity contribution is -0.139. The van der Waals surface area contributed by atoms with E-state index in [1.807, 2.05) is 49.3 Å². The molecule has 180 valence electrons. The summed E-state index contributed by atoms with van der Waals surface area (Å²) < 4.78 is 19.4. The number of para-hydroxylation sites is 1. The van der Waals surface area contributed by atoms with Crippen LogP contribution in [-0.4, -0.2) is 53.8 Å². The summed E-state index contributed by atoms with van der Waals surface area (Å²) in [7, 11) is 3.87. The van der Waals surface area contributed by atoms with Gasteiger partial charge in [-0.25, -0.2) is 4.39 Å². The van der Waals surface area contributed by atoms with Gasteiger partial charge in [-0.2, -0.15) is 0 Å². The second-order valence-electron chi connectivity index (χ2n) is 8.64. The molecule has 0 radical (unpaired) electrons. The number of aliphatic hydroxyl groups is 1. The van der Waals surface area contributed by atoms with Crippen molar-refractivity contribution < 1.29 is 23.8 Å². The van der Waals surface area contributed by atoms with E-state index in [0.29, 0.717) is 30.0 Å². The Hall–Kier alpha value is -3.97. The molecule has 6 nitrogen and oxygen atoms in total. The van der Waals surface area contributed by atoms with Gasteiger partial charge in [0.25, 0.3) is 11.7 Å². The SMILES string of the molecule is CN(C)CCCN1C(=O)C(=O)/C(=C(\O)c2ccc(F)cc2)C1c1cccc(Oc2ccccc2)c1. The maximum Gasteiger partial charge on any atom is 0.295 e. The number of amides is 1. The number of rotatable bonds is 8. The Morgan fingerprint density at radius 3 is 2.34 bits per heavy atom. The number of nitrogens with zero attached hydrogens (tertiary/aromatic N) is 2. The van der Waals surface area contributed by atoms with Gasteiger partial charge in [-0.1, -0.05) is 30.3 Å². The summed E-state index contributed by atoms with van der Waals surface area (Å²) in [5.41, 5.74) is 0.869. The van der Waals surface area contributed by atoms with Crippen molar-refractivity contribution in [2.45, 2.75) is 12.5 Å². The van der Waals surface area contributed by atoms with Gasteiger partial charge in [0.05, 0.1) is 11.6 Å². The van der Waals surface area contributed by atoms with Crippen LogP contribution in [0, 0.1) is 5.82 Å². The Morgan fingerprint density at radius 1 is 0.971 bits per heavy atom. The highest BCUT2D eigenvalue weighted by Gasteiger charge is 2.45. The Labute approximate surface area is 203 Å². The minimum Gasteiger partial charge on any atom is -0.507 e. The quantitative estimate of drug-likeness (QED) is 0.283. The van der Waals surface area contributed by atoms with Crippen LogP contribution < -0.4 is 4.74 Å². The summed E-state index contributed by atoms with van der Waals surface area (Å²) in [6.45, 7) is 1.06. The van der Waals surface area contributed by atoms with E-state index in [9.17, 15) is 19.1 Å². The molecule has 0 saturated carbocycles. The Morgan fingerprint density at radius 2 is 1.66 bits per heavy atom. The van der Waals surface area contributed by atoms with Crippen LogP contribution in [0.3, 0.4) is 0 Å². The van der Waals surface area contributed by atoms with Crippen molar-refractivity contribution in [2.75, 3.05) is 27.2 Å². The molecule has 1 unspecified atom stereocenters. The van der Waals surface area contributed by atoms with Crippen LogP contribution in [-0.2, 0) is 9.59 Å². The van der Waals surface area contributed by atoms with E-state index < -0.39 is 23.5 Å². The highest BCUT2D eigenvalue weighted by molar-refractivity contribution is 6.46. The minimum atomic E-state index is -0.804. The lowest BCUT2D eigenvalue weighted by Gasteiger charge is -2.26. The summed E-state index contributed by atoms with van der Waals surface area (Å²) >= 11 is 0. The van der Waals surface area contributed by atoms with Crippen LogP contribution in [0.5, 0.6) is 11.5 Å². The third-order valence-corrected chi connectivity index (χ3v) is 5.81. The highest BCUT2D eigenvalue weighted by atomic mass is 19.1. The van der Waals surface area contributed by atoms with Crippen LogP contribution in [0.4, 0.5) is 4.39 Å². The van der Waals surface area contributed by atoms with Crippen LogP contribution in [0.2, 0.25) is 0 Å². The fourth-order valence-corrected chi connectivity index (χ4v) is 4.15. The molecule has 1 amide bonds. The van der Waals surface area contributed by atoms with E-state index in [4.69, 9.17) is 4.74 Å². The Bertz CT molecular complexity index is 1240. The van der Waals surface area contributed by atoms with Gasteiger partial charge in [-0.05, 0) is 81.2 Å². The van der Waals surface area contributed by atoms with Crippen LogP contribution in [0.1, 0.15) is 23.6 Å². The van der Waals surface area contributed by atoms with Crippen LogP contribution >= 0.6 is 0 Å². The van der Waals surface area contributed by atoms with Gasteiger partial charge in [0.15, 0.2) is 0 Å². The van der Waals surface area contributed by atoms with Gasteiger partial charge in [-0.3, -0.25) is 9.59 Å². The predicted molar refractivity (Wildman–Crippen MR) is 132 cm³/mol. The highest BCUT2D eigenvalue weighted by Crippen LogP contribution is 2.40. The molecule has 4 rings (SSSR count). The van der Waals surface area contributed by atoms with Crippen molar-refractivity contribution in [3.63, 3.8) is 0 Å². The molecular formula is C28H27FN2O4. The number of ketones is 1. The van der Waals surface area contributed by atoms with Gasteiger partial charge in [0.1, 0.15) is 23.1 Å². The number of Topliss-reactive ketones (excluding diaryl/α,β-unsaturated/α-hetero) is 1. The van der Waals surface area contributed by atoms with Crippen molar-refractivity contribution in [3.8, 4) is 11.5 Å². The molecule has 3 aromatic carbocycles. The molecule has 1 aliphatic rings. The first kappa shape index (κ1) is 24.2. The van der Waals surface area contributed by atoms with E-state index in [2.05, 4.69) is 0 Å². The zero-order valence-corrected chi connectivity index (χ0v) is 19.6. The van der Waals surface area contributed by atoms with Crippen LogP contribution in [0.15, 0.2) is 84.4 Å². The normalized spacial score (nSPS) is 17.3. The average molecular weight is 475 g/mol. The molecule has 1 atom stereocenters. The Kier molecular flexibility index (Phi) is 7.27. The number of aliphatic hydroxyl groups excluding tert-OH is 1. The first-order valence-electron chi connectivity index (χ1n) is 11.4. The molecule has 1 N–H and O–H groups in total. The number of benzene rings is 3. The molecular weight excluding hydrogens is 447 g/mol. The van der Waals surface area contributed by atoms with Gasteiger partial charge in [0, 0.05) is 12.1 Å². The first-order chi connectivity index (χ1) is 16.8. The molecule has 1 fully saturated rings. The first-order valence-corrected chi connectivity index (χ1v) is 11.4. The van der Waals surface area contributed by atoms with Gasteiger partial charge >= 0.3 is 0 Å². The number of hydrogen-bond acceptors (Lipinski definition) is 5. The molecule has 35 heavy (non-hydrogen) atoms. The minimum absolute atomic E-state index is 0.0247.